The van der Waals surface area contributed by atoms with Crippen LogP contribution in [0.3, 0.4) is 0 Å². The van der Waals surface area contributed by atoms with Crippen LogP contribution >= 0.6 is 12.4 Å². The normalized spacial score (nSPS) is 12.6. The number of para-hydroxylation sites is 1. The van der Waals surface area contributed by atoms with E-state index >= 15 is 0 Å². The van der Waals surface area contributed by atoms with E-state index in [0.29, 0.717) is 18.8 Å². The van der Waals surface area contributed by atoms with Crippen LogP contribution in [0.2, 0.25) is 0 Å². The van der Waals surface area contributed by atoms with Crippen LogP contribution in [-0.4, -0.2) is 28.8 Å². The Morgan fingerprint density at radius 3 is 2.86 bits per heavy atom. The van der Waals surface area contributed by atoms with Crippen LogP contribution in [0.1, 0.15) is 33.7 Å². The van der Waals surface area contributed by atoms with Crippen molar-refractivity contribution in [2.45, 2.75) is 26.2 Å². The van der Waals surface area contributed by atoms with Crippen molar-refractivity contribution in [1.29, 1.82) is 0 Å². The fraction of sp³-hybridized carbons (Fsp3) is 0.375. The summed E-state index contributed by atoms with van der Waals surface area (Å²) in [6, 6.07) is 8.12. The molecule has 1 aliphatic carbocycles. The van der Waals surface area contributed by atoms with Crippen molar-refractivity contribution in [2.75, 3.05) is 13.1 Å². The fourth-order valence-corrected chi connectivity index (χ4v) is 2.89. The maximum atomic E-state index is 12.3. The molecule has 0 aliphatic heterocycles. The quantitative estimate of drug-likeness (QED) is 0.902. The zero-order valence-electron chi connectivity index (χ0n) is 12.6. The molecule has 0 saturated carbocycles. The molecule has 0 unspecified atom stereocenters. The van der Waals surface area contributed by atoms with Crippen molar-refractivity contribution in [3.05, 3.63) is 46.8 Å². The van der Waals surface area contributed by atoms with Gasteiger partial charge in [-0.15, -0.1) is 12.4 Å². The predicted molar refractivity (Wildman–Crippen MR) is 89.0 cm³/mol. The molecule has 1 heterocycles. The molecule has 0 radical (unpaired) electrons. The number of aryl methyl sites for hydroxylation is 1. The Morgan fingerprint density at radius 2 is 2.14 bits per heavy atom. The third-order valence-corrected chi connectivity index (χ3v) is 3.92. The van der Waals surface area contributed by atoms with E-state index in [-0.39, 0.29) is 18.3 Å². The summed E-state index contributed by atoms with van der Waals surface area (Å²) in [7, 11) is 0. The average Bonchev–Trinajstić information content (AvgIpc) is 3.07. The number of fused-ring (bicyclic) bond motifs is 1. The predicted octanol–water partition coefficient (Wildman–Crippen LogP) is 1.78. The van der Waals surface area contributed by atoms with Gasteiger partial charge in [0.15, 0.2) is 5.69 Å². The van der Waals surface area contributed by atoms with E-state index in [4.69, 9.17) is 5.73 Å². The largest absolute Gasteiger partial charge is 0.349 e. The van der Waals surface area contributed by atoms with Gasteiger partial charge >= 0.3 is 0 Å². The first-order valence-corrected chi connectivity index (χ1v) is 7.37. The Labute approximate surface area is 136 Å². The minimum atomic E-state index is -0.120. The van der Waals surface area contributed by atoms with Crippen LogP contribution in [0.5, 0.6) is 0 Å². The van der Waals surface area contributed by atoms with E-state index in [1.54, 1.807) is 0 Å². The van der Waals surface area contributed by atoms with E-state index in [0.717, 1.165) is 36.1 Å². The van der Waals surface area contributed by atoms with Gasteiger partial charge in [0, 0.05) is 24.3 Å². The van der Waals surface area contributed by atoms with Gasteiger partial charge in [-0.1, -0.05) is 18.2 Å². The Bertz CT molecular complexity index is 681. The second-order valence-electron chi connectivity index (χ2n) is 5.37. The van der Waals surface area contributed by atoms with Crippen LogP contribution in [0.15, 0.2) is 24.3 Å². The number of nitrogens with two attached hydrogens (primary N) is 1. The van der Waals surface area contributed by atoms with Crippen molar-refractivity contribution in [3.63, 3.8) is 0 Å². The van der Waals surface area contributed by atoms with E-state index < -0.39 is 0 Å². The summed E-state index contributed by atoms with van der Waals surface area (Å²) in [5, 5.41) is 7.40. The SMILES string of the molecule is Cc1ccccc1-n1nc(C(=O)NCCN)c2c1CCC2.Cl. The van der Waals surface area contributed by atoms with Gasteiger partial charge < -0.3 is 11.1 Å². The molecule has 5 nitrogen and oxygen atoms in total. The highest BCUT2D eigenvalue weighted by Crippen LogP contribution is 2.28. The smallest absolute Gasteiger partial charge is 0.272 e. The summed E-state index contributed by atoms with van der Waals surface area (Å²) in [5.74, 6) is -0.120. The zero-order valence-corrected chi connectivity index (χ0v) is 13.4. The Kier molecular flexibility index (Phi) is 5.21. The zero-order chi connectivity index (χ0) is 14.8. The molecule has 2 aromatic rings. The maximum absolute atomic E-state index is 12.3. The van der Waals surface area contributed by atoms with Crippen molar-refractivity contribution in [2.24, 2.45) is 5.73 Å². The minimum absolute atomic E-state index is 0. The lowest BCUT2D eigenvalue weighted by atomic mass is 10.2. The number of rotatable bonds is 4. The number of halogens is 1. The summed E-state index contributed by atoms with van der Waals surface area (Å²) in [5.41, 5.74) is 10.5. The topological polar surface area (TPSA) is 72.9 Å². The van der Waals surface area contributed by atoms with Gasteiger partial charge in [-0.3, -0.25) is 4.79 Å². The highest BCUT2D eigenvalue weighted by molar-refractivity contribution is 5.94. The van der Waals surface area contributed by atoms with Crippen LogP contribution in [-0.2, 0) is 12.8 Å². The first-order valence-electron chi connectivity index (χ1n) is 7.37. The summed E-state index contributed by atoms with van der Waals surface area (Å²) in [6.07, 6.45) is 2.98. The monoisotopic (exact) mass is 320 g/mol. The molecule has 1 amide bonds. The Morgan fingerprint density at radius 1 is 1.36 bits per heavy atom. The second kappa shape index (κ2) is 6.94. The number of hydrogen-bond acceptors (Lipinski definition) is 3. The van der Waals surface area contributed by atoms with Gasteiger partial charge in [0.2, 0.25) is 0 Å². The number of amides is 1. The number of hydrogen-bond donors (Lipinski definition) is 2. The lowest BCUT2D eigenvalue weighted by Gasteiger charge is -2.08. The molecular formula is C16H21ClN4O. The minimum Gasteiger partial charge on any atom is -0.349 e. The van der Waals surface area contributed by atoms with Gasteiger partial charge in [0.25, 0.3) is 5.91 Å². The molecule has 3 rings (SSSR count). The van der Waals surface area contributed by atoms with Gasteiger partial charge in [0.05, 0.1) is 5.69 Å². The molecule has 22 heavy (non-hydrogen) atoms. The molecule has 3 N–H and O–H groups in total. The lowest BCUT2D eigenvalue weighted by Crippen LogP contribution is -2.30. The van der Waals surface area contributed by atoms with Crippen LogP contribution in [0.25, 0.3) is 5.69 Å². The molecule has 0 bridgehead atoms. The molecule has 1 aromatic heterocycles. The van der Waals surface area contributed by atoms with Crippen LogP contribution in [0.4, 0.5) is 0 Å². The van der Waals surface area contributed by atoms with Crippen molar-refractivity contribution in [3.8, 4) is 5.69 Å². The number of aromatic nitrogens is 2. The van der Waals surface area contributed by atoms with Gasteiger partial charge in [0.1, 0.15) is 0 Å². The average molecular weight is 321 g/mol. The molecule has 0 saturated heterocycles. The second-order valence-corrected chi connectivity index (χ2v) is 5.37. The summed E-state index contributed by atoms with van der Waals surface area (Å²) in [4.78, 5) is 12.3. The molecule has 0 spiro atoms. The molecule has 6 heteroatoms. The highest BCUT2D eigenvalue weighted by atomic mass is 35.5. The van der Waals surface area contributed by atoms with E-state index in [1.807, 2.05) is 22.9 Å². The number of benzene rings is 1. The fourth-order valence-electron chi connectivity index (χ4n) is 2.89. The maximum Gasteiger partial charge on any atom is 0.272 e. The number of nitrogens with one attached hydrogen (secondary N) is 1. The van der Waals surface area contributed by atoms with Crippen LogP contribution < -0.4 is 11.1 Å². The Balaban J connectivity index is 0.00000176. The first kappa shape index (κ1) is 16.5. The number of carbonyl (C=O) groups excluding carboxylic acids is 1. The molecule has 1 aromatic carbocycles. The van der Waals surface area contributed by atoms with Crippen LogP contribution in [0, 0.1) is 6.92 Å². The van der Waals surface area contributed by atoms with Gasteiger partial charge in [-0.25, -0.2) is 4.68 Å². The highest BCUT2D eigenvalue weighted by Gasteiger charge is 2.26. The number of nitrogens with zero attached hydrogens (tertiary/aromatic N) is 2. The summed E-state index contributed by atoms with van der Waals surface area (Å²) >= 11 is 0. The van der Waals surface area contributed by atoms with E-state index in [9.17, 15) is 4.79 Å². The van der Waals surface area contributed by atoms with E-state index in [2.05, 4.69) is 23.4 Å². The van der Waals surface area contributed by atoms with Crippen molar-refractivity contribution in [1.82, 2.24) is 15.1 Å². The molecular weight excluding hydrogens is 300 g/mol. The molecule has 1 aliphatic rings. The molecule has 118 valence electrons. The Hall–Kier alpha value is -1.85. The molecule has 0 atom stereocenters. The van der Waals surface area contributed by atoms with Gasteiger partial charge in [-0.05, 0) is 37.8 Å². The van der Waals surface area contributed by atoms with Gasteiger partial charge in [-0.2, -0.15) is 5.10 Å². The number of carbonyl (C=O) groups is 1. The van der Waals surface area contributed by atoms with Crippen molar-refractivity contribution < 1.29 is 4.79 Å². The summed E-state index contributed by atoms with van der Waals surface area (Å²) in [6.45, 7) is 2.98. The van der Waals surface area contributed by atoms with Crippen molar-refractivity contribution >= 4 is 18.3 Å². The van der Waals surface area contributed by atoms with E-state index in [1.165, 1.54) is 5.69 Å². The first-order chi connectivity index (χ1) is 10.2. The lowest BCUT2D eigenvalue weighted by molar-refractivity contribution is 0.0948. The third kappa shape index (κ3) is 2.87. The third-order valence-electron chi connectivity index (χ3n) is 3.92. The molecule has 0 fully saturated rings. The summed E-state index contributed by atoms with van der Waals surface area (Å²) < 4.78 is 1.94. The standard InChI is InChI=1S/C16H20N4O.ClH/c1-11-5-2-3-7-13(11)20-14-8-4-6-12(14)15(19-20)16(21)18-10-9-17;/h2-3,5,7H,4,6,8-10,17H2,1H3,(H,18,21);1H.